The number of hydrogen-bond acceptors (Lipinski definition) is 3. The van der Waals surface area contributed by atoms with Gasteiger partial charge in [-0.15, -0.1) is 0 Å². The van der Waals surface area contributed by atoms with Gasteiger partial charge in [0.05, 0.1) is 5.69 Å². The first-order chi connectivity index (χ1) is 6.21. The van der Waals surface area contributed by atoms with E-state index in [9.17, 15) is 4.39 Å². The minimum atomic E-state index is -1.25. The second-order valence-corrected chi connectivity index (χ2v) is 4.37. The zero-order valence-corrected chi connectivity index (χ0v) is 8.19. The van der Waals surface area contributed by atoms with Crippen LogP contribution in [0.15, 0.2) is 11.4 Å². The van der Waals surface area contributed by atoms with E-state index < -0.39 is 5.67 Å². The van der Waals surface area contributed by atoms with Gasteiger partial charge in [-0.05, 0) is 36.9 Å². The van der Waals surface area contributed by atoms with Gasteiger partial charge in [0.25, 0.3) is 0 Å². The first kappa shape index (κ1) is 9.09. The molecule has 1 heterocycles. The Morgan fingerprint density at radius 1 is 1.69 bits per heavy atom. The van der Waals surface area contributed by atoms with Crippen molar-refractivity contribution in [3.05, 3.63) is 17.1 Å². The lowest BCUT2D eigenvalue weighted by Crippen LogP contribution is -2.36. The summed E-state index contributed by atoms with van der Waals surface area (Å²) in [5.41, 5.74) is 5.08. The van der Waals surface area contributed by atoms with Crippen LogP contribution in [0.1, 0.15) is 31.4 Å². The van der Waals surface area contributed by atoms with Crippen LogP contribution >= 0.6 is 11.5 Å². The van der Waals surface area contributed by atoms with Gasteiger partial charge in [-0.1, -0.05) is 0 Å². The van der Waals surface area contributed by atoms with E-state index in [0.717, 1.165) is 12.8 Å². The molecule has 1 aliphatic carbocycles. The molecule has 1 aliphatic rings. The normalized spacial score (nSPS) is 34.8. The Morgan fingerprint density at radius 2 is 2.54 bits per heavy atom. The molecular formula is C9H13FN2S. The molecule has 1 aromatic rings. The van der Waals surface area contributed by atoms with Crippen LogP contribution in [-0.2, 0) is 5.67 Å². The molecule has 1 fully saturated rings. The van der Waals surface area contributed by atoms with Crippen molar-refractivity contribution in [2.75, 3.05) is 0 Å². The summed E-state index contributed by atoms with van der Waals surface area (Å²) in [5.74, 6) is 0. The Hall–Kier alpha value is -0.480. The molecule has 2 nitrogen and oxygen atoms in total. The summed E-state index contributed by atoms with van der Waals surface area (Å²) >= 11 is 1.30. The minimum Gasteiger partial charge on any atom is -0.328 e. The molecule has 2 N–H and O–H groups in total. The summed E-state index contributed by atoms with van der Waals surface area (Å²) in [7, 11) is 0. The van der Waals surface area contributed by atoms with Gasteiger partial charge in [-0.3, -0.25) is 0 Å². The van der Waals surface area contributed by atoms with Crippen molar-refractivity contribution >= 4 is 11.5 Å². The average molecular weight is 200 g/mol. The predicted molar refractivity (Wildman–Crippen MR) is 51.3 cm³/mol. The summed E-state index contributed by atoms with van der Waals surface area (Å²) in [6.45, 7) is 0. The standard InChI is InChI=1S/C9H13FN2S/c10-9(8-3-5-13-12-8)4-1-2-7(11)6-9/h3,5,7H,1-2,4,6,11H2. The maximum absolute atomic E-state index is 14.3. The predicted octanol–water partition coefficient (Wildman–Crippen LogP) is 2.21. The molecule has 2 unspecified atom stereocenters. The Balaban J connectivity index is 2.20. The fourth-order valence-electron chi connectivity index (χ4n) is 1.94. The summed E-state index contributed by atoms with van der Waals surface area (Å²) in [5, 5.41) is 1.82. The highest BCUT2D eigenvalue weighted by molar-refractivity contribution is 7.03. The summed E-state index contributed by atoms with van der Waals surface area (Å²) in [6.07, 6.45) is 2.81. The van der Waals surface area contributed by atoms with Crippen molar-refractivity contribution in [2.24, 2.45) is 5.73 Å². The van der Waals surface area contributed by atoms with Crippen molar-refractivity contribution in [2.45, 2.75) is 37.4 Å². The van der Waals surface area contributed by atoms with Gasteiger partial charge in [0.1, 0.15) is 0 Å². The Kier molecular flexibility index (Phi) is 2.34. The molecule has 0 saturated heterocycles. The second-order valence-electron chi connectivity index (χ2n) is 3.71. The maximum atomic E-state index is 14.3. The zero-order chi connectivity index (χ0) is 9.31. The number of nitrogens with zero attached hydrogens (tertiary/aromatic N) is 1. The van der Waals surface area contributed by atoms with Gasteiger partial charge in [0.2, 0.25) is 0 Å². The highest BCUT2D eigenvalue weighted by Gasteiger charge is 2.38. The molecule has 1 saturated carbocycles. The van der Waals surface area contributed by atoms with Gasteiger partial charge in [0, 0.05) is 17.8 Å². The number of hydrogen-bond donors (Lipinski definition) is 1. The van der Waals surface area contributed by atoms with E-state index in [2.05, 4.69) is 4.37 Å². The van der Waals surface area contributed by atoms with E-state index >= 15 is 0 Å². The average Bonchev–Trinajstić information content (AvgIpc) is 2.55. The van der Waals surface area contributed by atoms with E-state index in [1.807, 2.05) is 5.38 Å². The number of nitrogens with two attached hydrogens (primary N) is 1. The van der Waals surface area contributed by atoms with E-state index in [4.69, 9.17) is 5.73 Å². The van der Waals surface area contributed by atoms with Crippen molar-refractivity contribution < 1.29 is 4.39 Å². The molecule has 4 heteroatoms. The molecule has 13 heavy (non-hydrogen) atoms. The SMILES string of the molecule is NC1CCCC(F)(c2ccsn2)C1. The van der Waals surface area contributed by atoms with Gasteiger partial charge in [-0.2, -0.15) is 4.37 Å². The van der Waals surface area contributed by atoms with Crippen LogP contribution in [0, 0.1) is 0 Å². The highest BCUT2D eigenvalue weighted by atomic mass is 32.1. The number of alkyl halides is 1. The van der Waals surface area contributed by atoms with E-state index in [0.29, 0.717) is 18.5 Å². The first-order valence-electron chi connectivity index (χ1n) is 4.56. The lowest BCUT2D eigenvalue weighted by atomic mass is 9.81. The first-order valence-corrected chi connectivity index (χ1v) is 5.40. The molecule has 72 valence electrons. The molecule has 2 atom stereocenters. The second kappa shape index (κ2) is 3.35. The van der Waals surface area contributed by atoms with Crippen LogP contribution in [0.4, 0.5) is 4.39 Å². The van der Waals surface area contributed by atoms with Gasteiger partial charge in [-0.25, -0.2) is 4.39 Å². The van der Waals surface area contributed by atoms with Crippen molar-refractivity contribution in [3.8, 4) is 0 Å². The van der Waals surface area contributed by atoms with Crippen LogP contribution in [0.2, 0.25) is 0 Å². The summed E-state index contributed by atoms with van der Waals surface area (Å²) < 4.78 is 18.3. The van der Waals surface area contributed by atoms with Crippen molar-refractivity contribution in [3.63, 3.8) is 0 Å². The number of rotatable bonds is 1. The Morgan fingerprint density at radius 3 is 3.15 bits per heavy atom. The Bertz CT molecular complexity index is 275. The van der Waals surface area contributed by atoms with Crippen LogP contribution in [0.3, 0.4) is 0 Å². The highest BCUT2D eigenvalue weighted by Crippen LogP contribution is 2.39. The Labute approximate surface area is 81.1 Å². The summed E-state index contributed by atoms with van der Waals surface area (Å²) in [4.78, 5) is 0. The quantitative estimate of drug-likeness (QED) is 0.755. The van der Waals surface area contributed by atoms with Gasteiger partial charge >= 0.3 is 0 Å². The van der Waals surface area contributed by atoms with Crippen LogP contribution in [-0.4, -0.2) is 10.4 Å². The maximum Gasteiger partial charge on any atom is 0.155 e. The van der Waals surface area contributed by atoms with Crippen molar-refractivity contribution in [1.82, 2.24) is 4.37 Å². The fraction of sp³-hybridized carbons (Fsp3) is 0.667. The van der Waals surface area contributed by atoms with Crippen LogP contribution < -0.4 is 5.73 Å². The largest absolute Gasteiger partial charge is 0.328 e. The smallest absolute Gasteiger partial charge is 0.155 e. The van der Waals surface area contributed by atoms with E-state index in [1.54, 1.807) is 6.07 Å². The molecule has 0 bridgehead atoms. The monoisotopic (exact) mass is 200 g/mol. The third-order valence-electron chi connectivity index (χ3n) is 2.63. The lowest BCUT2D eigenvalue weighted by molar-refractivity contribution is 0.0910. The molecule has 2 rings (SSSR count). The molecule has 1 aromatic heterocycles. The minimum absolute atomic E-state index is 0.000417. The molecule has 0 radical (unpaired) electrons. The molecular weight excluding hydrogens is 187 g/mol. The summed E-state index contributed by atoms with van der Waals surface area (Å²) in [6, 6.07) is 1.77. The van der Waals surface area contributed by atoms with E-state index in [-0.39, 0.29) is 6.04 Å². The topological polar surface area (TPSA) is 38.9 Å². The fourth-order valence-corrected chi connectivity index (χ4v) is 2.53. The van der Waals surface area contributed by atoms with Gasteiger partial charge in [0.15, 0.2) is 5.67 Å². The lowest BCUT2D eigenvalue weighted by Gasteiger charge is -2.31. The molecule has 0 aliphatic heterocycles. The molecule has 0 spiro atoms. The molecule has 0 amide bonds. The third kappa shape index (κ3) is 1.74. The van der Waals surface area contributed by atoms with Crippen LogP contribution in [0.25, 0.3) is 0 Å². The third-order valence-corrected chi connectivity index (χ3v) is 3.19. The number of aromatic nitrogens is 1. The van der Waals surface area contributed by atoms with E-state index in [1.165, 1.54) is 11.5 Å². The molecule has 0 aromatic carbocycles. The van der Waals surface area contributed by atoms with Crippen LogP contribution in [0.5, 0.6) is 0 Å². The van der Waals surface area contributed by atoms with Crippen molar-refractivity contribution in [1.29, 1.82) is 0 Å². The van der Waals surface area contributed by atoms with Gasteiger partial charge < -0.3 is 5.73 Å². The number of halogens is 1. The zero-order valence-electron chi connectivity index (χ0n) is 7.37.